The molecule has 5 nitrogen and oxygen atoms in total. The van der Waals surface area contributed by atoms with Gasteiger partial charge in [0.2, 0.25) is 0 Å². The fraction of sp³-hybridized carbons (Fsp3) is 0.125. The van der Waals surface area contributed by atoms with Crippen LogP contribution in [0.5, 0.6) is 11.5 Å². The summed E-state index contributed by atoms with van der Waals surface area (Å²) in [6, 6.07) is 10.3. The SMILES string of the molecule is COc1cc(I)c(Cl)cc1C#N.COc1cc(N)c(Cl)cc1C#N. The number of nitrogen functional groups attached to an aromatic ring is 1. The first-order valence-corrected chi connectivity index (χ1v) is 8.17. The molecular formula is C16H12Cl2IN3O2. The molecule has 0 fully saturated rings. The topological polar surface area (TPSA) is 92.1 Å². The molecule has 0 unspecified atom stereocenters. The van der Waals surface area contributed by atoms with Crippen LogP contribution in [0.25, 0.3) is 0 Å². The Balaban J connectivity index is 0.000000240. The third kappa shape index (κ3) is 5.07. The molecule has 2 aromatic carbocycles. The molecule has 0 saturated carbocycles. The van der Waals surface area contributed by atoms with Gasteiger partial charge < -0.3 is 15.2 Å². The van der Waals surface area contributed by atoms with Gasteiger partial charge in [-0.25, -0.2) is 0 Å². The summed E-state index contributed by atoms with van der Waals surface area (Å²) >= 11 is 13.6. The molecule has 2 N–H and O–H groups in total. The molecule has 0 heterocycles. The Morgan fingerprint density at radius 2 is 1.38 bits per heavy atom. The molecule has 24 heavy (non-hydrogen) atoms. The van der Waals surface area contributed by atoms with E-state index in [0.717, 1.165) is 3.57 Å². The molecule has 0 bridgehead atoms. The van der Waals surface area contributed by atoms with Gasteiger partial charge in [0.1, 0.15) is 23.6 Å². The van der Waals surface area contributed by atoms with Gasteiger partial charge in [-0.2, -0.15) is 10.5 Å². The van der Waals surface area contributed by atoms with Crippen molar-refractivity contribution in [2.24, 2.45) is 0 Å². The molecule has 8 heteroatoms. The second kappa shape index (κ2) is 9.43. The largest absolute Gasteiger partial charge is 0.495 e. The molecule has 0 amide bonds. The number of benzene rings is 2. The molecule has 2 aromatic rings. The summed E-state index contributed by atoms with van der Waals surface area (Å²) in [5.41, 5.74) is 6.76. The molecule has 2 rings (SSSR count). The highest BCUT2D eigenvalue weighted by atomic mass is 127. The summed E-state index contributed by atoms with van der Waals surface area (Å²) in [6.45, 7) is 0. The van der Waals surface area contributed by atoms with Crippen LogP contribution in [-0.2, 0) is 0 Å². The Hall–Kier alpha value is -1.87. The maximum absolute atomic E-state index is 8.67. The van der Waals surface area contributed by atoms with E-state index >= 15 is 0 Å². The molecule has 0 aliphatic rings. The minimum atomic E-state index is 0.368. The third-order valence-electron chi connectivity index (χ3n) is 2.80. The van der Waals surface area contributed by atoms with Gasteiger partial charge in [-0.15, -0.1) is 0 Å². The van der Waals surface area contributed by atoms with Crippen LogP contribution in [0.3, 0.4) is 0 Å². The third-order valence-corrected chi connectivity index (χ3v) is 4.65. The zero-order valence-electron chi connectivity index (χ0n) is 12.7. The Kier molecular flexibility index (Phi) is 7.93. The number of nitrogens with zero attached hydrogens (tertiary/aromatic N) is 2. The van der Waals surface area contributed by atoms with Gasteiger partial charge in [0.25, 0.3) is 0 Å². The zero-order chi connectivity index (χ0) is 18.3. The van der Waals surface area contributed by atoms with Crippen molar-refractivity contribution in [2.75, 3.05) is 20.0 Å². The van der Waals surface area contributed by atoms with E-state index in [2.05, 4.69) is 22.6 Å². The Labute approximate surface area is 163 Å². The summed E-state index contributed by atoms with van der Waals surface area (Å²) in [6.07, 6.45) is 0. The summed E-state index contributed by atoms with van der Waals surface area (Å²) in [5, 5.41) is 18.3. The van der Waals surface area contributed by atoms with Crippen molar-refractivity contribution in [1.29, 1.82) is 10.5 Å². The number of nitrogens with two attached hydrogens (primary N) is 1. The lowest BCUT2D eigenvalue weighted by molar-refractivity contribution is 0.413. The van der Waals surface area contributed by atoms with Crippen LogP contribution in [-0.4, -0.2) is 14.2 Å². The molecule has 0 spiro atoms. The number of ether oxygens (including phenoxy) is 2. The van der Waals surface area contributed by atoms with E-state index in [1.165, 1.54) is 26.4 Å². The first kappa shape index (κ1) is 20.2. The summed E-state index contributed by atoms with van der Waals surface area (Å²) < 4.78 is 10.8. The van der Waals surface area contributed by atoms with E-state index < -0.39 is 0 Å². The van der Waals surface area contributed by atoms with Gasteiger partial charge in [0.05, 0.1) is 41.1 Å². The van der Waals surface area contributed by atoms with Gasteiger partial charge >= 0.3 is 0 Å². The van der Waals surface area contributed by atoms with Gasteiger partial charge in [0, 0.05) is 9.64 Å². The van der Waals surface area contributed by atoms with Crippen molar-refractivity contribution >= 4 is 51.5 Å². The van der Waals surface area contributed by atoms with Crippen LogP contribution in [0.4, 0.5) is 5.69 Å². The van der Waals surface area contributed by atoms with E-state index in [-0.39, 0.29) is 0 Å². The van der Waals surface area contributed by atoms with E-state index in [4.69, 9.17) is 48.9 Å². The molecule has 0 aliphatic carbocycles. The average molecular weight is 476 g/mol. The van der Waals surface area contributed by atoms with Crippen LogP contribution in [0.1, 0.15) is 11.1 Å². The second-order valence-corrected chi connectivity index (χ2v) is 6.24. The minimum Gasteiger partial charge on any atom is -0.495 e. The van der Waals surface area contributed by atoms with Crippen LogP contribution in [0.2, 0.25) is 10.0 Å². The van der Waals surface area contributed by atoms with Crippen molar-refractivity contribution < 1.29 is 9.47 Å². The van der Waals surface area contributed by atoms with E-state index in [1.54, 1.807) is 12.1 Å². The molecule has 0 radical (unpaired) electrons. The van der Waals surface area contributed by atoms with Gasteiger partial charge in [0.15, 0.2) is 0 Å². The van der Waals surface area contributed by atoms with Crippen LogP contribution in [0, 0.1) is 26.2 Å². The van der Waals surface area contributed by atoms with Crippen LogP contribution >= 0.6 is 45.8 Å². The van der Waals surface area contributed by atoms with E-state index in [9.17, 15) is 0 Å². The zero-order valence-corrected chi connectivity index (χ0v) is 16.4. The predicted molar refractivity (Wildman–Crippen MR) is 103 cm³/mol. The second-order valence-electron chi connectivity index (χ2n) is 4.26. The molecule has 0 aliphatic heterocycles. The maximum atomic E-state index is 8.67. The first-order valence-electron chi connectivity index (χ1n) is 6.34. The fourth-order valence-corrected chi connectivity index (χ4v) is 2.38. The van der Waals surface area contributed by atoms with Crippen molar-refractivity contribution in [3.05, 3.63) is 49.0 Å². The van der Waals surface area contributed by atoms with Crippen molar-refractivity contribution in [2.45, 2.75) is 0 Å². The number of hydrogen-bond acceptors (Lipinski definition) is 5. The van der Waals surface area contributed by atoms with E-state index in [1.807, 2.05) is 12.1 Å². The Morgan fingerprint density at radius 3 is 1.83 bits per heavy atom. The normalized spacial score (nSPS) is 9.12. The Morgan fingerprint density at radius 1 is 0.917 bits per heavy atom. The van der Waals surface area contributed by atoms with Crippen molar-refractivity contribution in [3.8, 4) is 23.6 Å². The number of nitriles is 2. The molecule has 0 saturated heterocycles. The van der Waals surface area contributed by atoms with Gasteiger partial charge in [-0.05, 0) is 40.8 Å². The first-order chi connectivity index (χ1) is 11.4. The average Bonchev–Trinajstić information content (AvgIpc) is 2.59. The smallest absolute Gasteiger partial charge is 0.138 e. The highest BCUT2D eigenvalue weighted by Crippen LogP contribution is 2.28. The fourth-order valence-electron chi connectivity index (χ4n) is 1.61. The van der Waals surface area contributed by atoms with Crippen molar-refractivity contribution in [1.82, 2.24) is 0 Å². The molecular weight excluding hydrogens is 464 g/mol. The Bertz CT molecular complexity index is 760. The lowest BCUT2D eigenvalue weighted by Crippen LogP contribution is -1.92. The number of rotatable bonds is 2. The standard InChI is InChI=1S/C8H5ClINO.C8H7ClN2O/c1-12-8-3-7(10)6(9)2-5(8)4-11;1-12-8-3-7(11)6(9)2-5(8)4-10/h2-3H,1H3;2-3H,11H2,1H3. The molecule has 124 valence electrons. The van der Waals surface area contributed by atoms with Crippen molar-refractivity contribution in [3.63, 3.8) is 0 Å². The van der Waals surface area contributed by atoms with E-state index in [0.29, 0.717) is 38.4 Å². The summed E-state index contributed by atoms with van der Waals surface area (Å²) in [5.74, 6) is 1.01. The van der Waals surface area contributed by atoms with Gasteiger partial charge in [-0.1, -0.05) is 23.2 Å². The van der Waals surface area contributed by atoms with Gasteiger partial charge in [-0.3, -0.25) is 0 Å². The minimum absolute atomic E-state index is 0.368. The highest BCUT2D eigenvalue weighted by Gasteiger charge is 2.06. The molecule has 0 atom stereocenters. The maximum Gasteiger partial charge on any atom is 0.138 e. The number of hydrogen-bond donors (Lipinski definition) is 1. The highest BCUT2D eigenvalue weighted by molar-refractivity contribution is 14.1. The monoisotopic (exact) mass is 475 g/mol. The quantitative estimate of drug-likeness (QED) is 0.505. The number of halogens is 3. The van der Waals surface area contributed by atoms with Crippen LogP contribution < -0.4 is 15.2 Å². The summed E-state index contributed by atoms with van der Waals surface area (Å²) in [4.78, 5) is 0. The number of methoxy groups -OCH3 is 2. The molecule has 0 aromatic heterocycles. The lowest BCUT2D eigenvalue weighted by Gasteiger charge is -2.04. The number of anilines is 1. The predicted octanol–water partition coefficient (Wildman–Crippen LogP) is 4.63. The lowest BCUT2D eigenvalue weighted by atomic mass is 10.2. The van der Waals surface area contributed by atoms with Crippen LogP contribution in [0.15, 0.2) is 24.3 Å². The summed E-state index contributed by atoms with van der Waals surface area (Å²) in [7, 11) is 3.00.